The van der Waals surface area contributed by atoms with Gasteiger partial charge in [0.15, 0.2) is 0 Å². The normalized spacial score (nSPS) is 27.4. The highest BCUT2D eigenvalue weighted by Gasteiger charge is 2.27. The first-order valence-electron chi connectivity index (χ1n) is 5.54. The molecule has 2 rings (SSSR count). The first kappa shape index (κ1) is 10.6. The number of hydrogen-bond acceptors (Lipinski definition) is 3. The molecule has 0 radical (unpaired) electrons. The van der Waals surface area contributed by atoms with Crippen molar-refractivity contribution in [3.63, 3.8) is 0 Å². The van der Waals surface area contributed by atoms with E-state index in [1.807, 2.05) is 4.90 Å². The molecular formula is C11H18N2O2. The predicted octanol–water partition coefficient (Wildman–Crippen LogP) is 0.153. The fourth-order valence-electron chi connectivity index (χ4n) is 2.03. The van der Waals surface area contributed by atoms with Crippen molar-refractivity contribution in [1.29, 1.82) is 0 Å². The molecule has 0 aromatic rings. The zero-order valence-corrected chi connectivity index (χ0v) is 9.16. The van der Waals surface area contributed by atoms with Crippen LogP contribution in [0.1, 0.15) is 13.3 Å². The third-order valence-electron chi connectivity index (χ3n) is 2.85. The first-order chi connectivity index (χ1) is 7.27. The van der Waals surface area contributed by atoms with Crippen LogP contribution in [0.15, 0.2) is 11.6 Å². The molecule has 0 aromatic heterocycles. The van der Waals surface area contributed by atoms with E-state index in [1.54, 1.807) is 0 Å². The van der Waals surface area contributed by atoms with E-state index in [0.717, 1.165) is 26.1 Å². The third kappa shape index (κ3) is 2.58. The standard InChI is InChI=1S/C11H18N2O2/c1-9-3-2-5-13(8-9)11(14)10-7-12-4-6-15-10/h3,10,12H,2,4-8H2,1H3. The largest absolute Gasteiger partial charge is 0.366 e. The van der Waals surface area contributed by atoms with Crippen molar-refractivity contribution in [3.8, 4) is 0 Å². The lowest BCUT2D eigenvalue weighted by Crippen LogP contribution is -2.50. The van der Waals surface area contributed by atoms with E-state index in [9.17, 15) is 4.79 Å². The van der Waals surface area contributed by atoms with Crippen molar-refractivity contribution in [3.05, 3.63) is 11.6 Å². The molecule has 1 fully saturated rings. The summed E-state index contributed by atoms with van der Waals surface area (Å²) in [4.78, 5) is 13.9. The number of nitrogens with one attached hydrogen (secondary N) is 1. The molecule has 4 heteroatoms. The van der Waals surface area contributed by atoms with Crippen LogP contribution < -0.4 is 5.32 Å². The molecule has 0 aromatic carbocycles. The van der Waals surface area contributed by atoms with Gasteiger partial charge in [0.25, 0.3) is 5.91 Å². The maximum Gasteiger partial charge on any atom is 0.253 e. The summed E-state index contributed by atoms with van der Waals surface area (Å²) in [7, 11) is 0. The van der Waals surface area contributed by atoms with Crippen LogP contribution in [0.2, 0.25) is 0 Å². The van der Waals surface area contributed by atoms with Gasteiger partial charge in [-0.15, -0.1) is 0 Å². The molecule has 2 aliphatic heterocycles. The molecule has 2 heterocycles. The van der Waals surface area contributed by atoms with Crippen LogP contribution in [0.3, 0.4) is 0 Å². The number of amides is 1. The molecule has 1 unspecified atom stereocenters. The summed E-state index contributed by atoms with van der Waals surface area (Å²) >= 11 is 0. The van der Waals surface area contributed by atoms with Crippen LogP contribution in [0.25, 0.3) is 0 Å². The molecular weight excluding hydrogens is 192 g/mol. The van der Waals surface area contributed by atoms with Crippen molar-refractivity contribution in [1.82, 2.24) is 10.2 Å². The van der Waals surface area contributed by atoms with Crippen LogP contribution in [0, 0.1) is 0 Å². The maximum absolute atomic E-state index is 12.0. The number of morpholine rings is 1. The number of carbonyl (C=O) groups excluding carboxylic acids is 1. The van der Waals surface area contributed by atoms with E-state index in [2.05, 4.69) is 18.3 Å². The van der Waals surface area contributed by atoms with Gasteiger partial charge in [-0.05, 0) is 13.3 Å². The van der Waals surface area contributed by atoms with E-state index in [0.29, 0.717) is 13.2 Å². The highest BCUT2D eigenvalue weighted by Crippen LogP contribution is 2.11. The van der Waals surface area contributed by atoms with Crippen molar-refractivity contribution < 1.29 is 9.53 Å². The average molecular weight is 210 g/mol. The molecule has 0 bridgehead atoms. The fraction of sp³-hybridized carbons (Fsp3) is 0.727. The molecule has 15 heavy (non-hydrogen) atoms. The minimum atomic E-state index is -0.273. The van der Waals surface area contributed by atoms with Gasteiger partial charge in [0.2, 0.25) is 0 Å². The molecule has 4 nitrogen and oxygen atoms in total. The monoisotopic (exact) mass is 210 g/mol. The summed E-state index contributed by atoms with van der Waals surface area (Å²) < 4.78 is 5.46. The number of rotatable bonds is 1. The van der Waals surface area contributed by atoms with Gasteiger partial charge in [-0.3, -0.25) is 4.79 Å². The van der Waals surface area contributed by atoms with Gasteiger partial charge in [-0.2, -0.15) is 0 Å². The summed E-state index contributed by atoms with van der Waals surface area (Å²) in [6.45, 7) is 5.80. The number of hydrogen-bond donors (Lipinski definition) is 1. The number of carbonyl (C=O) groups is 1. The lowest BCUT2D eigenvalue weighted by atomic mass is 10.1. The lowest BCUT2D eigenvalue weighted by molar-refractivity contribution is -0.145. The van der Waals surface area contributed by atoms with E-state index in [1.165, 1.54) is 5.57 Å². The zero-order chi connectivity index (χ0) is 10.7. The Morgan fingerprint density at radius 3 is 3.20 bits per heavy atom. The predicted molar refractivity (Wildman–Crippen MR) is 57.6 cm³/mol. The van der Waals surface area contributed by atoms with E-state index < -0.39 is 0 Å². The van der Waals surface area contributed by atoms with Gasteiger partial charge >= 0.3 is 0 Å². The Morgan fingerprint density at radius 1 is 1.67 bits per heavy atom. The van der Waals surface area contributed by atoms with Gasteiger partial charge in [-0.1, -0.05) is 11.6 Å². The molecule has 1 atom stereocenters. The Kier molecular flexibility index (Phi) is 3.38. The van der Waals surface area contributed by atoms with Crippen molar-refractivity contribution in [2.75, 3.05) is 32.8 Å². The minimum Gasteiger partial charge on any atom is -0.366 e. The fourth-order valence-corrected chi connectivity index (χ4v) is 2.03. The van der Waals surface area contributed by atoms with Crippen LogP contribution in [0.4, 0.5) is 0 Å². The third-order valence-corrected chi connectivity index (χ3v) is 2.85. The summed E-state index contributed by atoms with van der Waals surface area (Å²) in [6.07, 6.45) is 2.89. The van der Waals surface area contributed by atoms with Crippen molar-refractivity contribution in [2.45, 2.75) is 19.4 Å². The lowest BCUT2D eigenvalue weighted by Gasteiger charge is -2.31. The Hall–Kier alpha value is -0.870. The van der Waals surface area contributed by atoms with Crippen LogP contribution in [0.5, 0.6) is 0 Å². The minimum absolute atomic E-state index is 0.134. The quantitative estimate of drug-likeness (QED) is 0.627. The van der Waals surface area contributed by atoms with Gasteiger partial charge in [0.1, 0.15) is 6.10 Å². The van der Waals surface area contributed by atoms with Gasteiger partial charge in [0, 0.05) is 26.2 Å². The Morgan fingerprint density at radius 2 is 2.53 bits per heavy atom. The van der Waals surface area contributed by atoms with Crippen LogP contribution >= 0.6 is 0 Å². The maximum atomic E-state index is 12.0. The summed E-state index contributed by atoms with van der Waals surface area (Å²) in [5, 5.41) is 3.18. The molecule has 2 aliphatic rings. The van der Waals surface area contributed by atoms with Gasteiger partial charge in [-0.25, -0.2) is 0 Å². The first-order valence-corrected chi connectivity index (χ1v) is 5.54. The SMILES string of the molecule is CC1=CCCN(C(=O)C2CNCCO2)C1. The second-order valence-electron chi connectivity index (χ2n) is 4.16. The Labute approximate surface area is 90.3 Å². The smallest absolute Gasteiger partial charge is 0.253 e. The van der Waals surface area contributed by atoms with E-state index >= 15 is 0 Å². The highest BCUT2D eigenvalue weighted by atomic mass is 16.5. The van der Waals surface area contributed by atoms with Crippen LogP contribution in [-0.2, 0) is 9.53 Å². The Bertz CT molecular complexity index is 270. The molecule has 0 saturated carbocycles. The van der Waals surface area contributed by atoms with Crippen LogP contribution in [-0.4, -0.2) is 49.7 Å². The van der Waals surface area contributed by atoms with Crippen molar-refractivity contribution >= 4 is 5.91 Å². The molecule has 1 amide bonds. The molecule has 84 valence electrons. The van der Waals surface area contributed by atoms with Gasteiger partial charge < -0.3 is 15.0 Å². The second-order valence-corrected chi connectivity index (χ2v) is 4.16. The number of nitrogens with zero attached hydrogens (tertiary/aromatic N) is 1. The van der Waals surface area contributed by atoms with E-state index in [-0.39, 0.29) is 12.0 Å². The molecule has 0 spiro atoms. The van der Waals surface area contributed by atoms with E-state index in [4.69, 9.17) is 4.74 Å². The number of ether oxygens (including phenoxy) is 1. The average Bonchev–Trinajstić information content (AvgIpc) is 2.29. The van der Waals surface area contributed by atoms with Crippen molar-refractivity contribution in [2.24, 2.45) is 0 Å². The summed E-state index contributed by atoms with van der Waals surface area (Å²) in [5.74, 6) is 0.134. The van der Waals surface area contributed by atoms with Gasteiger partial charge in [0.05, 0.1) is 6.61 Å². The zero-order valence-electron chi connectivity index (χ0n) is 9.16. The summed E-state index contributed by atoms with van der Waals surface area (Å²) in [6, 6.07) is 0. The second kappa shape index (κ2) is 4.77. The summed E-state index contributed by atoms with van der Waals surface area (Å²) in [5.41, 5.74) is 1.28. The topological polar surface area (TPSA) is 41.6 Å². The molecule has 1 N–H and O–H groups in total. The molecule has 0 aliphatic carbocycles. The highest BCUT2D eigenvalue weighted by molar-refractivity contribution is 5.81. The Balaban J connectivity index is 1.92. The molecule has 1 saturated heterocycles.